The largest absolute Gasteiger partial charge is 0.122 e. The highest BCUT2D eigenvalue weighted by Gasteiger charge is 2.15. The topological polar surface area (TPSA) is 0 Å². The third-order valence-corrected chi connectivity index (χ3v) is 4.07. The summed E-state index contributed by atoms with van der Waals surface area (Å²) in [5.74, 6) is 0.635. The Kier molecular flexibility index (Phi) is 2.78. The summed E-state index contributed by atoms with van der Waals surface area (Å²) in [4.78, 5) is 0. The average molecular weight is 149 g/mol. The maximum absolute atomic E-state index is 5.57. The van der Waals surface area contributed by atoms with E-state index in [1.54, 1.807) is 0 Å². The second-order valence-electron chi connectivity index (χ2n) is 2.99. The zero-order valence-corrected chi connectivity index (χ0v) is 7.55. The van der Waals surface area contributed by atoms with Crippen LogP contribution in [-0.4, -0.2) is 14.0 Å². The van der Waals surface area contributed by atoms with Crippen molar-refractivity contribution in [2.45, 2.75) is 19.6 Å². The Morgan fingerprint density at radius 3 is 1.88 bits per heavy atom. The summed E-state index contributed by atoms with van der Waals surface area (Å²) in [7, 11) is -1.09. The Bertz CT molecular complexity index is 91.2. The number of alkyl halides is 1. The quantitative estimate of drug-likeness (QED) is 0.417. The highest BCUT2D eigenvalue weighted by Crippen LogP contribution is 2.12. The molecule has 0 amide bonds. The fourth-order valence-corrected chi connectivity index (χ4v) is 1.80. The Balaban J connectivity index is 3.82. The summed E-state index contributed by atoms with van der Waals surface area (Å²) in [6.45, 7) is 10.6. The lowest BCUT2D eigenvalue weighted by molar-refractivity contribution is 1.56. The predicted molar refractivity (Wildman–Crippen MR) is 43.2 cm³/mol. The molecule has 0 unspecified atom stereocenters. The van der Waals surface area contributed by atoms with Gasteiger partial charge in [0.05, 0.1) is 8.07 Å². The van der Waals surface area contributed by atoms with E-state index >= 15 is 0 Å². The molecule has 48 valence electrons. The summed E-state index contributed by atoms with van der Waals surface area (Å²) < 4.78 is 0. The lowest BCUT2D eigenvalue weighted by atomic mass is 10.7. The maximum atomic E-state index is 5.57. The van der Waals surface area contributed by atoms with Gasteiger partial charge in [-0.2, -0.15) is 0 Å². The number of hydrogen-bond acceptors (Lipinski definition) is 0. The Labute approximate surface area is 57.6 Å². The number of halogens is 1. The first-order chi connectivity index (χ1) is 3.48. The SMILES string of the molecule is C=C(CCl)[Si](C)(C)C. The van der Waals surface area contributed by atoms with Crippen molar-refractivity contribution in [1.82, 2.24) is 0 Å². The van der Waals surface area contributed by atoms with E-state index in [2.05, 4.69) is 26.2 Å². The van der Waals surface area contributed by atoms with Crippen molar-refractivity contribution in [2.24, 2.45) is 0 Å². The highest BCUT2D eigenvalue weighted by molar-refractivity contribution is 6.83. The van der Waals surface area contributed by atoms with Gasteiger partial charge in [0.2, 0.25) is 0 Å². The first-order valence-corrected chi connectivity index (χ1v) is 6.76. The van der Waals surface area contributed by atoms with Crippen LogP contribution in [0, 0.1) is 0 Å². The minimum atomic E-state index is -1.09. The molecule has 0 aliphatic rings. The summed E-state index contributed by atoms with van der Waals surface area (Å²) in [5.41, 5.74) is 0. The van der Waals surface area contributed by atoms with E-state index < -0.39 is 8.07 Å². The first kappa shape index (κ1) is 8.25. The van der Waals surface area contributed by atoms with Gasteiger partial charge in [-0.25, -0.2) is 0 Å². The molecule has 0 radical (unpaired) electrons. The van der Waals surface area contributed by atoms with Gasteiger partial charge < -0.3 is 0 Å². The fraction of sp³-hybridized carbons (Fsp3) is 0.667. The molecule has 0 nitrogen and oxygen atoms in total. The van der Waals surface area contributed by atoms with Crippen LogP contribution in [0.15, 0.2) is 11.8 Å². The van der Waals surface area contributed by atoms with Crippen molar-refractivity contribution in [2.75, 3.05) is 5.88 Å². The molecule has 0 aromatic heterocycles. The van der Waals surface area contributed by atoms with Crippen LogP contribution in [0.5, 0.6) is 0 Å². The maximum Gasteiger partial charge on any atom is 0.0732 e. The Morgan fingerprint density at radius 1 is 1.50 bits per heavy atom. The number of allylic oxidation sites excluding steroid dienone is 1. The van der Waals surface area contributed by atoms with E-state index in [9.17, 15) is 0 Å². The van der Waals surface area contributed by atoms with Gasteiger partial charge in [0, 0.05) is 5.88 Å². The van der Waals surface area contributed by atoms with Crippen LogP contribution < -0.4 is 0 Å². The van der Waals surface area contributed by atoms with Gasteiger partial charge in [-0.05, 0) is 0 Å². The van der Waals surface area contributed by atoms with Gasteiger partial charge >= 0.3 is 0 Å². The van der Waals surface area contributed by atoms with E-state index in [1.165, 1.54) is 5.20 Å². The molecule has 0 aromatic carbocycles. The van der Waals surface area contributed by atoms with Crippen molar-refractivity contribution in [1.29, 1.82) is 0 Å². The van der Waals surface area contributed by atoms with Crippen molar-refractivity contribution in [3.63, 3.8) is 0 Å². The zero-order chi connectivity index (χ0) is 6.78. The van der Waals surface area contributed by atoms with Crippen LogP contribution >= 0.6 is 11.6 Å². The molecule has 0 aliphatic heterocycles. The van der Waals surface area contributed by atoms with Crippen LogP contribution in [0.25, 0.3) is 0 Å². The molecule has 8 heavy (non-hydrogen) atoms. The van der Waals surface area contributed by atoms with Crippen LogP contribution in [0.4, 0.5) is 0 Å². The van der Waals surface area contributed by atoms with Gasteiger partial charge in [-0.15, -0.1) is 18.2 Å². The Hall–Kier alpha value is 0.247. The second-order valence-corrected chi connectivity index (χ2v) is 8.46. The molecule has 0 atom stereocenters. The van der Waals surface area contributed by atoms with E-state index in [0.717, 1.165) is 0 Å². The smallest absolute Gasteiger partial charge is 0.0732 e. The average Bonchev–Trinajstić information content (AvgIpc) is 1.62. The van der Waals surface area contributed by atoms with Gasteiger partial charge in [-0.1, -0.05) is 24.8 Å². The molecule has 0 saturated heterocycles. The second kappa shape index (κ2) is 2.69. The van der Waals surface area contributed by atoms with Crippen molar-refractivity contribution in [3.05, 3.63) is 11.8 Å². The summed E-state index contributed by atoms with van der Waals surface area (Å²) in [5, 5.41) is 1.24. The lowest BCUT2D eigenvalue weighted by Crippen LogP contribution is -2.23. The van der Waals surface area contributed by atoms with Crippen LogP contribution in [0.1, 0.15) is 0 Å². The first-order valence-electron chi connectivity index (χ1n) is 2.72. The minimum Gasteiger partial charge on any atom is -0.122 e. The van der Waals surface area contributed by atoms with Gasteiger partial charge in [-0.3, -0.25) is 0 Å². The molecule has 0 saturated carbocycles. The van der Waals surface area contributed by atoms with Crippen LogP contribution in [-0.2, 0) is 0 Å². The predicted octanol–water partition coefficient (Wildman–Crippen LogP) is 2.66. The van der Waals surface area contributed by atoms with Crippen molar-refractivity contribution >= 4 is 19.7 Å². The fourth-order valence-electron chi connectivity index (χ4n) is 0.200. The van der Waals surface area contributed by atoms with E-state index in [0.29, 0.717) is 5.88 Å². The molecular weight excluding hydrogens is 136 g/mol. The highest BCUT2D eigenvalue weighted by atomic mass is 35.5. The summed E-state index contributed by atoms with van der Waals surface area (Å²) in [6, 6.07) is 0. The molecule has 0 aliphatic carbocycles. The molecule has 0 spiro atoms. The van der Waals surface area contributed by atoms with Gasteiger partial charge in [0.1, 0.15) is 0 Å². The Morgan fingerprint density at radius 2 is 1.88 bits per heavy atom. The molecule has 2 heteroatoms. The van der Waals surface area contributed by atoms with Gasteiger partial charge in [0.15, 0.2) is 0 Å². The normalized spacial score (nSPS) is 11.5. The third kappa shape index (κ3) is 2.53. The zero-order valence-electron chi connectivity index (χ0n) is 5.79. The number of rotatable bonds is 2. The number of hydrogen-bond donors (Lipinski definition) is 0. The molecule has 0 heterocycles. The van der Waals surface area contributed by atoms with Crippen molar-refractivity contribution in [3.8, 4) is 0 Å². The molecule has 0 rings (SSSR count). The summed E-state index contributed by atoms with van der Waals surface area (Å²) >= 11 is 5.57. The van der Waals surface area contributed by atoms with E-state index in [4.69, 9.17) is 11.6 Å². The van der Waals surface area contributed by atoms with Crippen LogP contribution in [0.3, 0.4) is 0 Å². The lowest BCUT2D eigenvalue weighted by Gasteiger charge is -2.16. The monoisotopic (exact) mass is 148 g/mol. The van der Waals surface area contributed by atoms with Gasteiger partial charge in [0.25, 0.3) is 0 Å². The molecule has 0 aromatic rings. The minimum absolute atomic E-state index is 0.635. The van der Waals surface area contributed by atoms with E-state index in [-0.39, 0.29) is 0 Å². The van der Waals surface area contributed by atoms with Crippen LogP contribution in [0.2, 0.25) is 19.6 Å². The summed E-state index contributed by atoms with van der Waals surface area (Å²) in [6.07, 6.45) is 0. The molecule has 0 N–H and O–H groups in total. The third-order valence-electron chi connectivity index (χ3n) is 1.22. The molecular formula is C6H13ClSi. The molecule has 0 fully saturated rings. The van der Waals surface area contributed by atoms with E-state index in [1.807, 2.05) is 0 Å². The standard InChI is InChI=1S/C6H13ClSi/c1-6(5-7)8(2,3)4/h1,5H2,2-4H3. The molecule has 0 bridgehead atoms. The van der Waals surface area contributed by atoms with Crippen molar-refractivity contribution < 1.29 is 0 Å².